The number of hydrogen-bond acceptors (Lipinski definition) is 3. The number of ether oxygens (including phenoxy) is 1. The highest BCUT2D eigenvalue weighted by Crippen LogP contribution is 2.25. The molecule has 0 aromatic heterocycles. The van der Waals surface area contributed by atoms with Crippen molar-refractivity contribution >= 4 is 11.8 Å². The number of halogens is 1. The minimum atomic E-state index is -1.14. The number of hydrogen-bond donors (Lipinski definition) is 3. The average molecular weight is 318 g/mol. The van der Waals surface area contributed by atoms with Crippen LogP contribution in [-0.4, -0.2) is 16.7 Å². The van der Waals surface area contributed by atoms with Crippen LogP contribution < -0.4 is 15.8 Å². The molecule has 23 heavy (non-hydrogen) atoms. The average Bonchev–Trinajstić information content (AvgIpc) is 2.43. The van der Waals surface area contributed by atoms with Gasteiger partial charge in [-0.05, 0) is 56.2 Å². The number of carboxylic acid groups (broad SMARTS) is 1. The summed E-state index contributed by atoms with van der Waals surface area (Å²) < 4.78 is 19.8. The fourth-order valence-corrected chi connectivity index (χ4v) is 2.22. The molecule has 5 nitrogen and oxygen atoms in total. The first-order valence-corrected chi connectivity index (χ1v) is 7.08. The van der Waals surface area contributed by atoms with Crippen molar-refractivity contribution in [2.45, 2.75) is 25.8 Å². The molecule has 4 N–H and O–H groups in total. The van der Waals surface area contributed by atoms with E-state index >= 15 is 0 Å². The van der Waals surface area contributed by atoms with Gasteiger partial charge in [0.25, 0.3) is 0 Å². The second kappa shape index (κ2) is 6.56. The Kier molecular flexibility index (Phi) is 4.74. The van der Waals surface area contributed by atoms with Gasteiger partial charge in [-0.1, -0.05) is 6.07 Å². The maximum absolute atomic E-state index is 14.2. The van der Waals surface area contributed by atoms with E-state index in [1.807, 2.05) is 0 Å². The number of carbonyl (C=O) groups is 1. The Labute approximate surface area is 133 Å². The van der Waals surface area contributed by atoms with Crippen LogP contribution in [-0.2, 0) is 6.42 Å². The minimum absolute atomic E-state index is 0.229. The topological polar surface area (TPSA) is 84.6 Å². The zero-order chi connectivity index (χ0) is 17.0. The summed E-state index contributed by atoms with van der Waals surface area (Å²) in [6, 6.07) is 11.3. The molecule has 0 saturated carbocycles. The maximum atomic E-state index is 14.2. The molecule has 2 aromatic carbocycles. The summed E-state index contributed by atoms with van der Waals surface area (Å²) in [6.45, 7) is 3.39. The molecule has 0 atom stereocenters. The van der Waals surface area contributed by atoms with Crippen molar-refractivity contribution in [3.05, 3.63) is 53.8 Å². The third-order valence-corrected chi connectivity index (χ3v) is 3.22. The van der Waals surface area contributed by atoms with Crippen LogP contribution in [0.5, 0.6) is 11.5 Å². The first-order valence-electron chi connectivity index (χ1n) is 7.08. The van der Waals surface area contributed by atoms with E-state index in [9.17, 15) is 9.18 Å². The lowest BCUT2D eigenvalue weighted by Crippen LogP contribution is -2.44. The second-order valence-electron chi connectivity index (χ2n) is 5.92. The van der Waals surface area contributed by atoms with Crippen LogP contribution in [0.2, 0.25) is 0 Å². The zero-order valence-electron chi connectivity index (χ0n) is 13.0. The molecule has 0 heterocycles. The van der Waals surface area contributed by atoms with Crippen molar-refractivity contribution in [3.8, 4) is 11.5 Å². The normalized spacial score (nSPS) is 11.1. The minimum Gasteiger partial charge on any atom is -0.465 e. The summed E-state index contributed by atoms with van der Waals surface area (Å²) in [5, 5.41) is 11.2. The maximum Gasteiger partial charge on any atom is 0.405 e. The number of benzene rings is 2. The van der Waals surface area contributed by atoms with Gasteiger partial charge in [0.05, 0.1) is 0 Å². The predicted molar refractivity (Wildman–Crippen MR) is 86.3 cm³/mol. The van der Waals surface area contributed by atoms with Gasteiger partial charge in [0, 0.05) is 17.3 Å². The number of nitrogen functional groups attached to an aromatic ring is 1. The lowest BCUT2D eigenvalue weighted by Gasteiger charge is -2.24. The third kappa shape index (κ3) is 4.88. The summed E-state index contributed by atoms with van der Waals surface area (Å²) in [5.74, 6) is 0.470. The zero-order valence-corrected chi connectivity index (χ0v) is 13.0. The van der Waals surface area contributed by atoms with Gasteiger partial charge >= 0.3 is 6.09 Å². The molecule has 2 rings (SSSR count). The van der Waals surface area contributed by atoms with E-state index in [0.29, 0.717) is 22.7 Å². The Morgan fingerprint density at radius 1 is 1.22 bits per heavy atom. The van der Waals surface area contributed by atoms with Gasteiger partial charge in [-0.25, -0.2) is 9.18 Å². The van der Waals surface area contributed by atoms with Crippen molar-refractivity contribution < 1.29 is 19.0 Å². The van der Waals surface area contributed by atoms with Crippen molar-refractivity contribution in [1.82, 2.24) is 5.32 Å². The molecule has 0 aliphatic carbocycles. The standard InChI is InChI=1S/C17H19FN2O3/c1-17(2,20-16(21)22)10-11-3-6-14(9-15(11)18)23-13-7-4-12(19)5-8-13/h3-9,20H,10,19H2,1-2H3,(H,21,22). The van der Waals surface area contributed by atoms with Crippen LogP contribution in [0.15, 0.2) is 42.5 Å². The van der Waals surface area contributed by atoms with Gasteiger partial charge < -0.3 is 20.9 Å². The monoisotopic (exact) mass is 318 g/mol. The lowest BCUT2D eigenvalue weighted by molar-refractivity contribution is 0.182. The van der Waals surface area contributed by atoms with E-state index in [-0.39, 0.29) is 6.42 Å². The van der Waals surface area contributed by atoms with Crippen molar-refractivity contribution in [1.29, 1.82) is 0 Å². The van der Waals surface area contributed by atoms with Gasteiger partial charge in [-0.3, -0.25) is 0 Å². The Bertz CT molecular complexity index is 699. The van der Waals surface area contributed by atoms with E-state index < -0.39 is 17.4 Å². The van der Waals surface area contributed by atoms with Crippen molar-refractivity contribution in [3.63, 3.8) is 0 Å². The Balaban J connectivity index is 2.11. The molecule has 0 saturated heterocycles. The van der Waals surface area contributed by atoms with Gasteiger partial charge in [0.15, 0.2) is 0 Å². The molecule has 2 aromatic rings. The van der Waals surface area contributed by atoms with Crippen LogP contribution in [0.3, 0.4) is 0 Å². The highest BCUT2D eigenvalue weighted by atomic mass is 19.1. The quantitative estimate of drug-likeness (QED) is 0.732. The van der Waals surface area contributed by atoms with E-state index in [1.54, 1.807) is 50.2 Å². The molecule has 0 bridgehead atoms. The molecule has 0 aliphatic heterocycles. The number of nitrogens with two attached hydrogens (primary N) is 1. The summed E-state index contributed by atoms with van der Waals surface area (Å²) in [5.41, 5.74) is 5.85. The van der Waals surface area contributed by atoms with Crippen LogP contribution >= 0.6 is 0 Å². The lowest BCUT2D eigenvalue weighted by atomic mass is 9.95. The van der Waals surface area contributed by atoms with E-state index in [1.165, 1.54) is 6.07 Å². The molecule has 0 fully saturated rings. The molecule has 6 heteroatoms. The van der Waals surface area contributed by atoms with Crippen LogP contribution in [0, 0.1) is 5.82 Å². The largest absolute Gasteiger partial charge is 0.465 e. The molecular weight excluding hydrogens is 299 g/mol. The highest BCUT2D eigenvalue weighted by Gasteiger charge is 2.22. The van der Waals surface area contributed by atoms with E-state index in [2.05, 4.69) is 5.32 Å². The molecule has 0 spiro atoms. The fourth-order valence-electron chi connectivity index (χ4n) is 2.22. The molecule has 0 radical (unpaired) electrons. The summed E-state index contributed by atoms with van der Waals surface area (Å²) in [4.78, 5) is 10.7. The third-order valence-electron chi connectivity index (χ3n) is 3.22. The smallest absolute Gasteiger partial charge is 0.405 e. The summed E-state index contributed by atoms with van der Waals surface area (Å²) >= 11 is 0. The van der Waals surface area contributed by atoms with E-state index in [0.717, 1.165) is 0 Å². The Morgan fingerprint density at radius 2 is 1.83 bits per heavy atom. The van der Waals surface area contributed by atoms with Gasteiger partial charge in [0.1, 0.15) is 17.3 Å². The van der Waals surface area contributed by atoms with Crippen LogP contribution in [0.4, 0.5) is 14.9 Å². The van der Waals surface area contributed by atoms with Crippen molar-refractivity contribution in [2.75, 3.05) is 5.73 Å². The fraction of sp³-hybridized carbons (Fsp3) is 0.235. The summed E-state index contributed by atoms with van der Waals surface area (Å²) in [6.07, 6.45) is -0.911. The molecular formula is C17H19FN2O3. The first kappa shape index (κ1) is 16.6. The SMILES string of the molecule is CC(C)(Cc1ccc(Oc2ccc(N)cc2)cc1F)NC(=O)O. The Morgan fingerprint density at radius 3 is 2.39 bits per heavy atom. The van der Waals surface area contributed by atoms with Gasteiger partial charge in [0.2, 0.25) is 0 Å². The number of amides is 1. The Hall–Kier alpha value is -2.76. The van der Waals surface area contributed by atoms with E-state index in [4.69, 9.17) is 15.6 Å². The second-order valence-corrected chi connectivity index (χ2v) is 5.92. The molecule has 1 amide bonds. The molecule has 0 unspecified atom stereocenters. The van der Waals surface area contributed by atoms with Gasteiger partial charge in [-0.2, -0.15) is 0 Å². The number of rotatable bonds is 5. The van der Waals surface area contributed by atoms with Crippen molar-refractivity contribution in [2.24, 2.45) is 0 Å². The molecule has 0 aliphatic rings. The van der Waals surface area contributed by atoms with Crippen LogP contribution in [0.1, 0.15) is 19.4 Å². The predicted octanol–water partition coefficient (Wildman–Crippen LogP) is 3.79. The number of anilines is 1. The summed E-state index contributed by atoms with van der Waals surface area (Å²) in [7, 11) is 0. The highest BCUT2D eigenvalue weighted by molar-refractivity contribution is 5.65. The first-order chi connectivity index (χ1) is 10.7. The molecule has 122 valence electrons. The van der Waals surface area contributed by atoms with Gasteiger partial charge in [-0.15, -0.1) is 0 Å². The number of nitrogens with one attached hydrogen (secondary N) is 1. The van der Waals surface area contributed by atoms with Crippen LogP contribution in [0.25, 0.3) is 0 Å².